The van der Waals surface area contributed by atoms with Crippen LogP contribution >= 0.6 is 11.8 Å². The maximum absolute atomic E-state index is 13.1. The molecule has 1 aromatic carbocycles. The Hall–Kier alpha value is -1.64. The molecular weight excluding hydrogens is 460 g/mol. The van der Waals surface area contributed by atoms with Gasteiger partial charge in [-0.05, 0) is 36.7 Å². The summed E-state index contributed by atoms with van der Waals surface area (Å²) < 4.78 is 37.6. The normalized spacial score (nSPS) is 21.2. The fraction of sp³-hybridized carbons (Fsp3) is 0.667. The van der Waals surface area contributed by atoms with Gasteiger partial charge in [-0.2, -0.15) is 0 Å². The van der Waals surface area contributed by atoms with Crippen LogP contribution in [0.5, 0.6) is 17.2 Å². The van der Waals surface area contributed by atoms with Crippen molar-refractivity contribution in [3.8, 4) is 17.2 Å². The van der Waals surface area contributed by atoms with Crippen molar-refractivity contribution in [2.24, 2.45) is 0 Å². The van der Waals surface area contributed by atoms with Gasteiger partial charge in [0, 0.05) is 21.3 Å². The zero-order chi connectivity index (χ0) is 24.9. The van der Waals surface area contributed by atoms with E-state index in [4.69, 9.17) is 33.2 Å². The SMILES string of the molecule is COc1c(OC(O)C(OC)C2OC2OC)c(C)c(C)c(C(=O)SC(OC)C(O)CO)c1OC. The first-order valence-electron chi connectivity index (χ1n) is 10.0. The minimum Gasteiger partial charge on any atom is -0.492 e. The average Bonchev–Trinajstić information content (AvgIpc) is 3.59. The van der Waals surface area contributed by atoms with E-state index in [1.165, 1.54) is 35.5 Å². The monoisotopic (exact) mass is 492 g/mol. The summed E-state index contributed by atoms with van der Waals surface area (Å²) in [4.78, 5) is 13.1. The van der Waals surface area contributed by atoms with Crippen molar-refractivity contribution >= 4 is 16.9 Å². The molecular formula is C21H32O11S. The summed E-state index contributed by atoms with van der Waals surface area (Å²) in [5.74, 6) is 0.339. The fourth-order valence-corrected chi connectivity index (χ4v) is 4.26. The predicted octanol–water partition coefficient (Wildman–Crippen LogP) is 0.603. The van der Waals surface area contributed by atoms with E-state index in [0.717, 1.165) is 0 Å². The molecule has 0 aliphatic carbocycles. The van der Waals surface area contributed by atoms with Crippen molar-refractivity contribution in [3.63, 3.8) is 0 Å². The molecule has 33 heavy (non-hydrogen) atoms. The molecule has 0 bridgehead atoms. The summed E-state index contributed by atoms with van der Waals surface area (Å²) in [6, 6.07) is 0. The molecule has 1 saturated heterocycles. The molecule has 0 aromatic heterocycles. The number of hydrogen-bond donors (Lipinski definition) is 3. The minimum absolute atomic E-state index is 0.0834. The van der Waals surface area contributed by atoms with Crippen molar-refractivity contribution in [3.05, 3.63) is 16.7 Å². The Morgan fingerprint density at radius 1 is 1.00 bits per heavy atom. The number of thioether (sulfide) groups is 1. The Morgan fingerprint density at radius 3 is 2.09 bits per heavy atom. The summed E-state index contributed by atoms with van der Waals surface area (Å²) in [6.07, 6.45) is -4.56. The van der Waals surface area contributed by atoms with Crippen LogP contribution in [-0.4, -0.2) is 98.9 Å². The highest BCUT2D eigenvalue weighted by Crippen LogP contribution is 2.47. The highest BCUT2D eigenvalue weighted by molar-refractivity contribution is 8.14. The third-order valence-corrected chi connectivity index (χ3v) is 6.47. The van der Waals surface area contributed by atoms with E-state index >= 15 is 0 Å². The van der Waals surface area contributed by atoms with Gasteiger partial charge in [0.2, 0.25) is 17.2 Å². The van der Waals surface area contributed by atoms with E-state index in [-0.39, 0.29) is 22.8 Å². The molecule has 0 amide bonds. The summed E-state index contributed by atoms with van der Waals surface area (Å²) in [7, 11) is 6.95. The van der Waals surface area contributed by atoms with Gasteiger partial charge >= 0.3 is 0 Å². The standard InChI is InChI=1S/C21H32O11S/c1-9-10(2)13(31-18(24)16(28-5)17-20(29-6)32-17)15(27-4)14(26-3)12(9)19(25)33-21(30-7)11(23)8-22/h11,16-18,20-24H,8H2,1-7H3. The predicted molar refractivity (Wildman–Crippen MR) is 118 cm³/mol. The molecule has 0 spiro atoms. The van der Waals surface area contributed by atoms with E-state index in [1.807, 2.05) is 0 Å². The molecule has 1 aliphatic rings. The van der Waals surface area contributed by atoms with E-state index in [0.29, 0.717) is 22.9 Å². The van der Waals surface area contributed by atoms with Crippen LogP contribution in [0.15, 0.2) is 0 Å². The van der Waals surface area contributed by atoms with Gasteiger partial charge in [0.25, 0.3) is 0 Å². The van der Waals surface area contributed by atoms with Gasteiger partial charge in [-0.3, -0.25) is 4.79 Å². The van der Waals surface area contributed by atoms with Gasteiger partial charge in [-0.15, -0.1) is 0 Å². The van der Waals surface area contributed by atoms with Gasteiger partial charge in [0.05, 0.1) is 26.4 Å². The highest BCUT2D eigenvalue weighted by atomic mass is 32.2. The number of benzene rings is 1. The van der Waals surface area contributed by atoms with E-state index in [1.54, 1.807) is 13.8 Å². The number of methoxy groups -OCH3 is 5. The first kappa shape index (κ1) is 27.6. The number of carbonyl (C=O) groups excluding carboxylic acids is 1. The highest BCUT2D eigenvalue weighted by Gasteiger charge is 2.50. The molecule has 3 N–H and O–H groups in total. The van der Waals surface area contributed by atoms with Gasteiger partial charge < -0.3 is 48.5 Å². The van der Waals surface area contributed by atoms with Gasteiger partial charge in [0.1, 0.15) is 17.6 Å². The molecule has 11 nitrogen and oxygen atoms in total. The fourth-order valence-electron chi connectivity index (χ4n) is 3.35. The Balaban J connectivity index is 2.43. The van der Waals surface area contributed by atoms with Crippen LogP contribution < -0.4 is 14.2 Å². The number of epoxide rings is 1. The summed E-state index contributed by atoms with van der Waals surface area (Å²) >= 11 is 0.698. The van der Waals surface area contributed by atoms with Crippen LogP contribution in [0.2, 0.25) is 0 Å². The molecule has 12 heteroatoms. The number of aliphatic hydroxyl groups excluding tert-OH is 3. The van der Waals surface area contributed by atoms with Gasteiger partial charge in [0.15, 0.2) is 23.9 Å². The van der Waals surface area contributed by atoms with E-state index < -0.39 is 48.1 Å². The number of hydrogen-bond acceptors (Lipinski definition) is 12. The maximum atomic E-state index is 13.1. The van der Waals surface area contributed by atoms with Crippen molar-refractivity contribution in [2.75, 3.05) is 42.2 Å². The molecule has 0 radical (unpaired) electrons. The third-order valence-electron chi connectivity index (χ3n) is 5.32. The van der Waals surface area contributed by atoms with Crippen LogP contribution in [0, 0.1) is 13.8 Å². The lowest BCUT2D eigenvalue weighted by molar-refractivity contribution is -0.127. The molecule has 1 aliphatic heterocycles. The molecule has 1 fully saturated rings. The molecule has 6 atom stereocenters. The van der Waals surface area contributed by atoms with Gasteiger partial charge in [-0.1, -0.05) is 0 Å². The molecule has 1 heterocycles. The van der Waals surface area contributed by atoms with Crippen LogP contribution in [-0.2, 0) is 18.9 Å². The topological polar surface area (TPSA) is 146 Å². The lowest BCUT2D eigenvalue weighted by Gasteiger charge is -2.26. The summed E-state index contributed by atoms with van der Waals surface area (Å²) in [5, 5.41) is 29.3. The zero-order valence-corrected chi connectivity index (χ0v) is 20.5. The second-order valence-corrected chi connectivity index (χ2v) is 8.26. The Kier molecular flexibility index (Phi) is 10.2. The average molecular weight is 493 g/mol. The molecule has 188 valence electrons. The smallest absolute Gasteiger partial charge is 0.226 e. The van der Waals surface area contributed by atoms with Crippen molar-refractivity contribution in [2.45, 2.75) is 50.2 Å². The Morgan fingerprint density at radius 2 is 1.64 bits per heavy atom. The summed E-state index contributed by atoms with van der Waals surface area (Å²) in [5.41, 5.74) is 0.207. The van der Waals surface area contributed by atoms with Crippen LogP contribution in [0.25, 0.3) is 0 Å². The zero-order valence-electron chi connectivity index (χ0n) is 19.7. The van der Waals surface area contributed by atoms with Crippen LogP contribution in [0.4, 0.5) is 0 Å². The van der Waals surface area contributed by atoms with Crippen LogP contribution in [0.3, 0.4) is 0 Å². The first-order valence-corrected chi connectivity index (χ1v) is 10.9. The number of rotatable bonds is 13. The van der Waals surface area contributed by atoms with Crippen molar-refractivity contribution in [1.29, 1.82) is 0 Å². The van der Waals surface area contributed by atoms with Crippen molar-refractivity contribution < 1.29 is 53.3 Å². The molecule has 2 rings (SSSR count). The lowest BCUT2D eigenvalue weighted by Crippen LogP contribution is -2.38. The largest absolute Gasteiger partial charge is 0.492 e. The molecule has 0 saturated carbocycles. The Bertz CT molecular complexity index is 818. The van der Waals surface area contributed by atoms with E-state index in [9.17, 15) is 20.1 Å². The minimum atomic E-state index is -1.44. The number of ether oxygens (including phenoxy) is 7. The third kappa shape index (κ3) is 5.89. The van der Waals surface area contributed by atoms with Crippen LogP contribution in [0.1, 0.15) is 21.5 Å². The number of aliphatic hydroxyl groups is 3. The number of carbonyl (C=O) groups is 1. The molecule has 1 aromatic rings. The maximum Gasteiger partial charge on any atom is 0.226 e. The quantitative estimate of drug-likeness (QED) is 0.262. The Labute approximate surface area is 196 Å². The molecule has 6 unspecified atom stereocenters. The first-order chi connectivity index (χ1) is 15.7. The second kappa shape index (κ2) is 12.2. The van der Waals surface area contributed by atoms with Gasteiger partial charge in [-0.25, -0.2) is 0 Å². The van der Waals surface area contributed by atoms with E-state index in [2.05, 4.69) is 0 Å². The lowest BCUT2D eigenvalue weighted by atomic mass is 10.0. The summed E-state index contributed by atoms with van der Waals surface area (Å²) in [6.45, 7) is 2.81. The second-order valence-electron chi connectivity index (χ2n) is 7.19. The van der Waals surface area contributed by atoms with Crippen molar-refractivity contribution in [1.82, 2.24) is 0 Å².